The fraction of sp³-hybridized carbons (Fsp3) is 0.200. The fourth-order valence-electron chi connectivity index (χ4n) is 1.76. The molecule has 0 saturated heterocycles. The summed E-state index contributed by atoms with van der Waals surface area (Å²) >= 11 is 0. The van der Waals surface area contributed by atoms with Gasteiger partial charge in [0.2, 0.25) is 0 Å². The molecule has 0 amide bonds. The van der Waals surface area contributed by atoms with Gasteiger partial charge in [-0.3, -0.25) is 0 Å². The van der Waals surface area contributed by atoms with Gasteiger partial charge in [-0.2, -0.15) is 0 Å². The third kappa shape index (κ3) is 3.00. The van der Waals surface area contributed by atoms with Gasteiger partial charge in [0.15, 0.2) is 0 Å². The molecule has 0 radical (unpaired) electrons. The Balaban J connectivity index is 2.16. The highest BCUT2D eigenvalue weighted by Crippen LogP contribution is 2.18. The van der Waals surface area contributed by atoms with Crippen LogP contribution in [0.2, 0.25) is 0 Å². The average Bonchev–Trinajstić information content (AvgIpc) is 2.82. The number of hydrogen-bond acceptors (Lipinski definition) is 2. The maximum Gasteiger partial charge on any atom is 0.123 e. The molecule has 0 unspecified atom stereocenters. The van der Waals surface area contributed by atoms with Crippen molar-refractivity contribution in [2.24, 2.45) is 0 Å². The zero-order chi connectivity index (χ0) is 12.1. The molecule has 0 aliphatic carbocycles. The summed E-state index contributed by atoms with van der Waals surface area (Å²) in [5.41, 5.74) is 2.46. The van der Waals surface area contributed by atoms with E-state index in [4.69, 9.17) is 4.42 Å². The normalized spacial score (nSPS) is 10.2. The predicted octanol–water partition coefficient (Wildman–Crippen LogP) is 3.78. The molecule has 0 aliphatic rings. The third-order valence-corrected chi connectivity index (χ3v) is 2.68. The van der Waals surface area contributed by atoms with Gasteiger partial charge in [-0.15, -0.1) is 6.58 Å². The van der Waals surface area contributed by atoms with Crippen LogP contribution in [0.25, 0.3) is 0 Å². The molecule has 2 nitrogen and oxygen atoms in total. The number of benzene rings is 1. The molecule has 17 heavy (non-hydrogen) atoms. The van der Waals surface area contributed by atoms with Gasteiger partial charge in [-0.25, -0.2) is 0 Å². The minimum atomic E-state index is 0.766. The number of furan rings is 1. The highest BCUT2D eigenvalue weighted by atomic mass is 16.3. The van der Waals surface area contributed by atoms with E-state index in [1.54, 1.807) is 6.26 Å². The van der Waals surface area contributed by atoms with Crippen LogP contribution in [0.1, 0.15) is 11.3 Å². The van der Waals surface area contributed by atoms with E-state index in [9.17, 15) is 0 Å². The van der Waals surface area contributed by atoms with Crippen molar-refractivity contribution < 1.29 is 4.42 Å². The van der Waals surface area contributed by atoms with Crippen LogP contribution >= 0.6 is 0 Å². The van der Waals surface area contributed by atoms with Gasteiger partial charge in [0.1, 0.15) is 5.76 Å². The molecular weight excluding hydrogens is 210 g/mol. The second-order valence-corrected chi connectivity index (χ2v) is 4.08. The fourth-order valence-corrected chi connectivity index (χ4v) is 1.76. The van der Waals surface area contributed by atoms with E-state index in [2.05, 4.69) is 42.7 Å². The summed E-state index contributed by atoms with van der Waals surface area (Å²) in [7, 11) is 0. The zero-order valence-electron chi connectivity index (χ0n) is 10.1. The molecular formula is C15H17NO. The largest absolute Gasteiger partial charge is 0.467 e. The van der Waals surface area contributed by atoms with Crippen LogP contribution in [0.5, 0.6) is 0 Å². The van der Waals surface area contributed by atoms with Gasteiger partial charge >= 0.3 is 0 Å². The Hall–Kier alpha value is -1.96. The van der Waals surface area contributed by atoms with Crippen LogP contribution < -0.4 is 4.90 Å². The van der Waals surface area contributed by atoms with Crippen LogP contribution in [0.15, 0.2) is 59.7 Å². The molecule has 1 aromatic carbocycles. The molecule has 0 N–H and O–H groups in total. The van der Waals surface area contributed by atoms with E-state index >= 15 is 0 Å². The SMILES string of the molecule is C=CCN(Cc1ccco1)c1ccc(C)cc1. The lowest BCUT2D eigenvalue weighted by Gasteiger charge is -2.22. The van der Waals surface area contributed by atoms with Gasteiger partial charge in [0.05, 0.1) is 12.8 Å². The van der Waals surface area contributed by atoms with Gasteiger partial charge in [0, 0.05) is 12.2 Å². The lowest BCUT2D eigenvalue weighted by Crippen LogP contribution is -2.22. The quantitative estimate of drug-likeness (QED) is 0.723. The molecule has 2 heteroatoms. The Labute approximate surface area is 102 Å². The van der Waals surface area contributed by atoms with Crippen molar-refractivity contribution in [1.29, 1.82) is 0 Å². The summed E-state index contributed by atoms with van der Waals surface area (Å²) in [6, 6.07) is 12.4. The van der Waals surface area contributed by atoms with Crippen molar-refractivity contribution >= 4 is 5.69 Å². The van der Waals surface area contributed by atoms with E-state index in [0.717, 1.165) is 18.8 Å². The minimum Gasteiger partial charge on any atom is -0.467 e. The van der Waals surface area contributed by atoms with Gasteiger partial charge in [-0.1, -0.05) is 23.8 Å². The number of hydrogen-bond donors (Lipinski definition) is 0. The summed E-state index contributed by atoms with van der Waals surface area (Å²) in [5, 5.41) is 0. The highest BCUT2D eigenvalue weighted by Gasteiger charge is 2.07. The van der Waals surface area contributed by atoms with Crippen molar-refractivity contribution in [2.75, 3.05) is 11.4 Å². The van der Waals surface area contributed by atoms with Gasteiger partial charge in [-0.05, 0) is 31.2 Å². The first-order chi connectivity index (χ1) is 8.29. The van der Waals surface area contributed by atoms with E-state index in [-0.39, 0.29) is 0 Å². The summed E-state index contributed by atoms with van der Waals surface area (Å²) in [5.74, 6) is 0.965. The Morgan fingerprint density at radius 1 is 1.24 bits per heavy atom. The summed E-state index contributed by atoms with van der Waals surface area (Å²) in [4.78, 5) is 2.23. The van der Waals surface area contributed by atoms with Crippen molar-refractivity contribution in [3.05, 3.63) is 66.6 Å². The average molecular weight is 227 g/mol. The topological polar surface area (TPSA) is 16.4 Å². The molecule has 0 atom stereocenters. The first-order valence-electron chi connectivity index (χ1n) is 5.74. The Morgan fingerprint density at radius 2 is 2.00 bits per heavy atom. The highest BCUT2D eigenvalue weighted by molar-refractivity contribution is 5.48. The molecule has 1 heterocycles. The number of nitrogens with zero attached hydrogens (tertiary/aromatic N) is 1. The smallest absolute Gasteiger partial charge is 0.123 e. The van der Waals surface area contributed by atoms with Crippen molar-refractivity contribution in [3.8, 4) is 0 Å². The van der Waals surface area contributed by atoms with E-state index in [0.29, 0.717) is 0 Å². The molecule has 2 rings (SSSR count). The van der Waals surface area contributed by atoms with E-state index in [1.807, 2.05) is 18.2 Å². The molecule has 0 spiro atoms. The molecule has 0 saturated carbocycles. The molecule has 0 fully saturated rings. The second-order valence-electron chi connectivity index (χ2n) is 4.08. The maximum absolute atomic E-state index is 5.38. The molecule has 88 valence electrons. The van der Waals surface area contributed by atoms with E-state index < -0.39 is 0 Å². The molecule has 1 aromatic heterocycles. The molecule has 2 aromatic rings. The second kappa shape index (κ2) is 5.39. The lowest BCUT2D eigenvalue weighted by molar-refractivity contribution is 0.505. The first-order valence-corrected chi connectivity index (χ1v) is 5.74. The number of rotatable bonds is 5. The van der Waals surface area contributed by atoms with Gasteiger partial charge in [0.25, 0.3) is 0 Å². The summed E-state index contributed by atoms with van der Waals surface area (Å²) in [6.07, 6.45) is 3.61. The van der Waals surface area contributed by atoms with Crippen LogP contribution in [0, 0.1) is 6.92 Å². The maximum atomic E-state index is 5.38. The van der Waals surface area contributed by atoms with Crippen molar-refractivity contribution in [1.82, 2.24) is 0 Å². The minimum absolute atomic E-state index is 0.766. The van der Waals surface area contributed by atoms with Crippen molar-refractivity contribution in [2.45, 2.75) is 13.5 Å². The lowest BCUT2D eigenvalue weighted by atomic mass is 10.2. The number of anilines is 1. The Morgan fingerprint density at radius 3 is 2.59 bits per heavy atom. The van der Waals surface area contributed by atoms with Gasteiger partial charge < -0.3 is 9.32 Å². The molecule has 0 bridgehead atoms. The first kappa shape index (κ1) is 11.5. The van der Waals surface area contributed by atoms with Crippen molar-refractivity contribution in [3.63, 3.8) is 0 Å². The van der Waals surface area contributed by atoms with Crippen LogP contribution in [0.4, 0.5) is 5.69 Å². The van der Waals surface area contributed by atoms with Crippen LogP contribution in [0.3, 0.4) is 0 Å². The monoisotopic (exact) mass is 227 g/mol. The van der Waals surface area contributed by atoms with Crippen LogP contribution in [-0.4, -0.2) is 6.54 Å². The van der Waals surface area contributed by atoms with Crippen LogP contribution in [-0.2, 0) is 6.54 Å². The van der Waals surface area contributed by atoms with E-state index in [1.165, 1.54) is 11.3 Å². The number of aryl methyl sites for hydroxylation is 1. The summed E-state index contributed by atoms with van der Waals surface area (Å²) in [6.45, 7) is 7.47. The Bertz CT molecular complexity index is 456. The third-order valence-electron chi connectivity index (χ3n) is 2.68. The predicted molar refractivity (Wildman–Crippen MR) is 71.1 cm³/mol. The standard InChI is InChI=1S/C15H17NO/c1-3-10-16(12-15-5-4-11-17-15)14-8-6-13(2)7-9-14/h3-9,11H,1,10,12H2,2H3. The summed E-state index contributed by atoms with van der Waals surface area (Å²) < 4.78 is 5.38. The zero-order valence-corrected chi connectivity index (χ0v) is 10.1. The molecule has 0 aliphatic heterocycles. The Kier molecular flexibility index (Phi) is 3.66.